The molecule has 4 N–H and O–H groups in total. The first-order valence-corrected chi connectivity index (χ1v) is 10.5. The quantitative estimate of drug-likeness (QED) is 0.555. The molecule has 0 bridgehead atoms. The third-order valence-electron chi connectivity index (χ3n) is 6.04. The first-order valence-electron chi connectivity index (χ1n) is 10.1. The fourth-order valence-electron chi connectivity index (χ4n) is 4.44. The zero-order chi connectivity index (χ0) is 22.6. The summed E-state index contributed by atoms with van der Waals surface area (Å²) in [6.45, 7) is 0. The van der Waals surface area contributed by atoms with Crippen molar-refractivity contribution in [3.8, 4) is 0 Å². The summed E-state index contributed by atoms with van der Waals surface area (Å²) >= 11 is 5.79. The Hall–Kier alpha value is -3.59. The van der Waals surface area contributed by atoms with Crippen LogP contribution in [-0.2, 0) is 4.79 Å². The van der Waals surface area contributed by atoms with Gasteiger partial charge in [-0.05, 0) is 37.0 Å². The highest BCUT2D eigenvalue weighted by Gasteiger charge is 2.56. The van der Waals surface area contributed by atoms with E-state index in [0.717, 1.165) is 6.42 Å². The molecule has 2 aromatic carbocycles. The Morgan fingerprint density at radius 2 is 1.81 bits per heavy atom. The van der Waals surface area contributed by atoms with Crippen LogP contribution in [0.5, 0.6) is 0 Å². The van der Waals surface area contributed by atoms with E-state index in [-0.39, 0.29) is 22.7 Å². The van der Waals surface area contributed by atoms with Gasteiger partial charge >= 0.3 is 12.1 Å². The molecule has 1 aliphatic carbocycles. The molecule has 1 saturated heterocycles. The van der Waals surface area contributed by atoms with Gasteiger partial charge in [0.1, 0.15) is 6.04 Å². The van der Waals surface area contributed by atoms with Gasteiger partial charge in [0.15, 0.2) is 5.82 Å². The number of primary amides is 1. The van der Waals surface area contributed by atoms with Gasteiger partial charge in [0.05, 0.1) is 21.9 Å². The molecule has 164 valence electrons. The van der Waals surface area contributed by atoms with E-state index in [1.54, 1.807) is 24.3 Å². The average Bonchev–Trinajstić information content (AvgIpc) is 3.27. The Bertz CT molecular complexity index is 1280. The first-order chi connectivity index (χ1) is 15.3. The van der Waals surface area contributed by atoms with Gasteiger partial charge in [0.25, 0.3) is 0 Å². The van der Waals surface area contributed by atoms with Crippen molar-refractivity contribution in [3.63, 3.8) is 0 Å². The highest BCUT2D eigenvalue weighted by Crippen LogP contribution is 2.48. The topological polar surface area (TPSA) is 109 Å². The molecule has 0 unspecified atom stereocenters. The molecular weight excluding hydrogens is 437 g/mol. The Balaban J connectivity index is 1.39. The Morgan fingerprint density at radius 1 is 1.03 bits per heavy atom. The summed E-state index contributed by atoms with van der Waals surface area (Å²) < 4.78 is 15.5. The number of halogens is 2. The minimum Gasteiger partial charge on any atom is -0.351 e. The van der Waals surface area contributed by atoms with Gasteiger partial charge in [-0.1, -0.05) is 35.9 Å². The lowest BCUT2D eigenvalue weighted by Crippen LogP contribution is -2.47. The van der Waals surface area contributed by atoms with Crippen molar-refractivity contribution in [2.45, 2.75) is 24.9 Å². The molecule has 5 rings (SSSR count). The summed E-state index contributed by atoms with van der Waals surface area (Å²) in [5, 5.41) is 5.90. The number of amides is 4. The second-order valence-corrected chi connectivity index (χ2v) is 8.42. The number of para-hydroxylation sites is 1. The van der Waals surface area contributed by atoms with Crippen molar-refractivity contribution in [1.29, 1.82) is 0 Å². The summed E-state index contributed by atoms with van der Waals surface area (Å²) in [5.41, 5.74) is 6.38. The van der Waals surface area contributed by atoms with Crippen LogP contribution in [0.2, 0.25) is 5.02 Å². The lowest BCUT2D eigenvalue weighted by Gasteiger charge is -2.27. The normalized spacial score (nSPS) is 21.3. The summed E-state index contributed by atoms with van der Waals surface area (Å²) in [6, 6.07) is 9.42. The van der Waals surface area contributed by atoms with E-state index in [2.05, 4.69) is 10.6 Å². The predicted molar refractivity (Wildman–Crippen MR) is 118 cm³/mol. The largest absolute Gasteiger partial charge is 0.351 e. The van der Waals surface area contributed by atoms with E-state index >= 15 is 0 Å². The number of rotatable bonds is 3. The smallest absolute Gasteiger partial charge is 0.323 e. The number of hydrogen-bond donors (Lipinski definition) is 3. The molecule has 1 aliphatic heterocycles. The number of fused-ring (bicyclic) bond motifs is 2. The van der Waals surface area contributed by atoms with Crippen LogP contribution < -0.4 is 16.4 Å². The van der Waals surface area contributed by atoms with Crippen LogP contribution in [-0.4, -0.2) is 39.5 Å². The number of piperidine rings is 1. The van der Waals surface area contributed by atoms with Crippen LogP contribution in [0.3, 0.4) is 0 Å². The number of anilines is 2. The van der Waals surface area contributed by atoms with E-state index in [1.165, 1.54) is 33.9 Å². The zero-order valence-electron chi connectivity index (χ0n) is 16.7. The summed E-state index contributed by atoms with van der Waals surface area (Å²) in [5.74, 6) is -0.971. The van der Waals surface area contributed by atoms with Crippen LogP contribution in [0.25, 0.3) is 10.9 Å². The number of benzene rings is 2. The average molecular weight is 456 g/mol. The van der Waals surface area contributed by atoms with Crippen molar-refractivity contribution in [3.05, 3.63) is 59.5 Å². The van der Waals surface area contributed by atoms with Gasteiger partial charge in [0.2, 0.25) is 5.91 Å². The maximum Gasteiger partial charge on any atom is 0.323 e. The molecule has 3 aromatic rings. The molecule has 0 radical (unpaired) electrons. The van der Waals surface area contributed by atoms with Crippen molar-refractivity contribution in [1.82, 2.24) is 9.47 Å². The van der Waals surface area contributed by atoms with Gasteiger partial charge in [0, 0.05) is 17.6 Å². The number of nitrogens with one attached hydrogen (secondary N) is 2. The molecule has 1 aromatic heterocycles. The number of carbonyl (C=O) groups is 3. The number of aromatic nitrogens is 1. The zero-order valence-corrected chi connectivity index (χ0v) is 17.5. The number of hydrogen-bond acceptors (Lipinski definition) is 3. The van der Waals surface area contributed by atoms with Crippen LogP contribution in [0.15, 0.2) is 48.7 Å². The third-order valence-corrected chi connectivity index (χ3v) is 6.33. The van der Waals surface area contributed by atoms with Gasteiger partial charge in [-0.15, -0.1) is 0 Å². The van der Waals surface area contributed by atoms with Gasteiger partial charge < -0.3 is 21.3 Å². The monoisotopic (exact) mass is 455 g/mol. The molecule has 2 aliphatic rings. The Labute approximate surface area is 187 Å². The fraction of sp³-hybridized carbons (Fsp3) is 0.227. The Kier molecular flexibility index (Phi) is 4.78. The molecule has 10 heteroatoms. The maximum atomic E-state index is 14.2. The lowest BCUT2D eigenvalue weighted by molar-refractivity contribution is -0.120. The van der Waals surface area contributed by atoms with Gasteiger partial charge in [-0.2, -0.15) is 0 Å². The van der Waals surface area contributed by atoms with Crippen LogP contribution in [0.1, 0.15) is 12.8 Å². The maximum absolute atomic E-state index is 14.2. The van der Waals surface area contributed by atoms with Gasteiger partial charge in [-0.25, -0.2) is 14.0 Å². The second-order valence-electron chi connectivity index (χ2n) is 8.01. The first kappa shape index (κ1) is 20.3. The number of urea groups is 1. The van der Waals surface area contributed by atoms with E-state index in [4.69, 9.17) is 17.3 Å². The highest BCUT2D eigenvalue weighted by molar-refractivity contribution is 6.31. The van der Waals surface area contributed by atoms with E-state index < -0.39 is 29.8 Å². The second kappa shape index (κ2) is 7.52. The molecule has 2 fully saturated rings. The predicted octanol–water partition coefficient (Wildman–Crippen LogP) is 3.99. The third kappa shape index (κ3) is 3.34. The SMILES string of the molecule is NC(=O)n1cc(NC(=O)N2[C@@H]3C[C@@H]3C[C@H]2C(=O)Nc2cccc(Cl)c2F)c2ccccc21. The van der Waals surface area contributed by atoms with E-state index in [0.29, 0.717) is 23.0 Å². The van der Waals surface area contributed by atoms with E-state index in [1.807, 2.05) is 0 Å². The fourth-order valence-corrected chi connectivity index (χ4v) is 4.61. The summed E-state index contributed by atoms with van der Waals surface area (Å²) in [7, 11) is 0. The number of nitrogens with two attached hydrogens (primary N) is 1. The lowest BCUT2D eigenvalue weighted by atomic mass is 10.1. The van der Waals surface area contributed by atoms with Crippen LogP contribution in [0.4, 0.5) is 25.4 Å². The number of nitrogens with zero attached hydrogens (tertiary/aromatic N) is 2. The van der Waals surface area contributed by atoms with Gasteiger partial charge in [-0.3, -0.25) is 9.36 Å². The summed E-state index contributed by atoms with van der Waals surface area (Å²) in [6.07, 6.45) is 2.77. The molecule has 32 heavy (non-hydrogen) atoms. The van der Waals surface area contributed by atoms with Crippen LogP contribution in [0, 0.1) is 11.7 Å². The minimum atomic E-state index is -0.748. The molecular formula is C22H19ClFN5O3. The van der Waals surface area contributed by atoms with Crippen molar-refractivity contribution >= 4 is 51.8 Å². The highest BCUT2D eigenvalue weighted by atomic mass is 35.5. The van der Waals surface area contributed by atoms with Crippen molar-refractivity contribution in [2.75, 3.05) is 10.6 Å². The number of likely N-dealkylation sites (tertiary alicyclic amines) is 1. The number of carbonyl (C=O) groups excluding carboxylic acids is 3. The molecule has 2 heterocycles. The molecule has 8 nitrogen and oxygen atoms in total. The molecule has 1 saturated carbocycles. The summed E-state index contributed by atoms with van der Waals surface area (Å²) in [4.78, 5) is 39.4. The minimum absolute atomic E-state index is 0.0343. The van der Waals surface area contributed by atoms with Crippen molar-refractivity contribution in [2.24, 2.45) is 11.7 Å². The standard InChI is InChI=1S/C22H19ClFN5O3/c23-13-5-3-6-14(19(13)24)26-20(30)18-9-11-8-17(11)29(18)22(32)27-15-10-28(21(25)31)16-7-2-1-4-12(15)16/h1-7,10-11,17-18H,8-9H2,(H2,25,31)(H,26,30)(H,27,32)/t11-,17-,18+/m1/s1. The molecule has 4 amide bonds. The Morgan fingerprint density at radius 3 is 2.59 bits per heavy atom. The molecule has 3 atom stereocenters. The van der Waals surface area contributed by atoms with E-state index in [9.17, 15) is 18.8 Å². The van der Waals surface area contributed by atoms with Crippen molar-refractivity contribution < 1.29 is 18.8 Å². The molecule has 0 spiro atoms. The van der Waals surface area contributed by atoms with Crippen LogP contribution >= 0.6 is 11.6 Å².